The Morgan fingerprint density at radius 2 is 1.50 bits per heavy atom. The third-order valence-corrected chi connectivity index (χ3v) is 4.20. The van der Waals surface area contributed by atoms with Crippen molar-refractivity contribution in [1.29, 1.82) is 0 Å². The normalized spacial score (nSPS) is 15.0. The van der Waals surface area contributed by atoms with Gasteiger partial charge in [-0.1, -0.05) is 0 Å². The molecule has 10 heteroatoms. The van der Waals surface area contributed by atoms with E-state index in [9.17, 15) is 36.2 Å². The molecule has 140 valence electrons. The third kappa shape index (κ3) is 3.27. The van der Waals surface area contributed by atoms with Crippen molar-refractivity contribution >= 4 is 5.97 Å². The predicted molar refractivity (Wildman–Crippen MR) is 77.2 cm³/mol. The number of hydrogen-bond acceptors (Lipinski definition) is 2. The van der Waals surface area contributed by atoms with E-state index in [0.29, 0.717) is 49.1 Å². The molecule has 0 atom stereocenters. The Hall–Kier alpha value is -2.52. The molecule has 1 aliphatic rings. The topological polar surface area (TPSA) is 55.1 Å². The number of carbonyl (C=O) groups is 1. The second-order valence-corrected chi connectivity index (χ2v) is 5.96. The number of carboxylic acids is 1. The van der Waals surface area contributed by atoms with E-state index < -0.39 is 35.1 Å². The molecule has 4 nitrogen and oxygen atoms in total. The van der Waals surface area contributed by atoms with Crippen molar-refractivity contribution in [1.82, 2.24) is 9.78 Å². The molecular formula is C16H12F6N2O2. The first-order valence-electron chi connectivity index (χ1n) is 7.62. The third-order valence-electron chi connectivity index (χ3n) is 4.20. The number of nitrogens with zero attached hydrogens (tertiary/aromatic N) is 2. The smallest absolute Gasteiger partial charge is 0.416 e. The SMILES string of the molecule is O=C(O)c1nn(-c2cc(C(F)(F)F)cc(C(F)(F)F)c2)c2c1CCCC2. The molecule has 0 radical (unpaired) electrons. The van der Waals surface area contributed by atoms with Crippen molar-refractivity contribution in [3.63, 3.8) is 0 Å². The van der Waals surface area contributed by atoms with Gasteiger partial charge in [0.05, 0.1) is 16.8 Å². The van der Waals surface area contributed by atoms with Gasteiger partial charge in [0.2, 0.25) is 0 Å². The number of benzene rings is 1. The molecule has 0 saturated carbocycles. The first-order chi connectivity index (χ1) is 12.0. The summed E-state index contributed by atoms with van der Waals surface area (Å²) in [5.74, 6) is -1.37. The Morgan fingerprint density at radius 3 is 2.00 bits per heavy atom. The molecule has 1 N–H and O–H groups in total. The molecule has 1 aromatic heterocycles. The molecule has 0 spiro atoms. The summed E-state index contributed by atoms with van der Waals surface area (Å²) in [6, 6.07) is 1.11. The summed E-state index contributed by atoms with van der Waals surface area (Å²) in [4.78, 5) is 11.3. The van der Waals surface area contributed by atoms with Crippen LogP contribution in [0.5, 0.6) is 0 Å². The zero-order valence-corrected chi connectivity index (χ0v) is 13.1. The fraction of sp³-hybridized carbons (Fsp3) is 0.375. The average molecular weight is 378 g/mol. The van der Waals surface area contributed by atoms with Crippen LogP contribution in [-0.4, -0.2) is 20.9 Å². The van der Waals surface area contributed by atoms with E-state index >= 15 is 0 Å². The second kappa shape index (κ2) is 6.03. The lowest BCUT2D eigenvalue weighted by atomic mass is 9.95. The van der Waals surface area contributed by atoms with Gasteiger partial charge in [-0.15, -0.1) is 0 Å². The summed E-state index contributed by atoms with van der Waals surface area (Å²) in [7, 11) is 0. The molecular weight excluding hydrogens is 366 g/mol. The van der Waals surface area contributed by atoms with E-state index in [2.05, 4.69) is 5.10 Å². The van der Waals surface area contributed by atoms with Crippen LogP contribution in [0, 0.1) is 0 Å². The van der Waals surface area contributed by atoms with Gasteiger partial charge in [0, 0.05) is 11.3 Å². The van der Waals surface area contributed by atoms with Crippen molar-refractivity contribution in [2.75, 3.05) is 0 Å². The van der Waals surface area contributed by atoms with Crippen molar-refractivity contribution in [3.8, 4) is 5.69 Å². The lowest BCUT2D eigenvalue weighted by Gasteiger charge is -2.17. The highest BCUT2D eigenvalue weighted by Gasteiger charge is 2.37. The number of hydrogen-bond donors (Lipinski definition) is 1. The summed E-state index contributed by atoms with van der Waals surface area (Å²) >= 11 is 0. The van der Waals surface area contributed by atoms with Crippen molar-refractivity contribution in [3.05, 3.63) is 46.3 Å². The average Bonchev–Trinajstić information content (AvgIpc) is 2.92. The van der Waals surface area contributed by atoms with Crippen LogP contribution in [0.25, 0.3) is 5.69 Å². The summed E-state index contributed by atoms with van der Waals surface area (Å²) in [6.07, 6.45) is -7.97. The lowest BCUT2D eigenvalue weighted by Crippen LogP contribution is -2.14. The standard InChI is InChI=1S/C16H12F6N2O2/c17-15(18,19)8-5-9(16(20,21)22)7-10(6-8)24-12-4-2-1-3-11(12)13(23-24)14(25)26/h5-7H,1-4H2,(H,25,26). The monoisotopic (exact) mass is 378 g/mol. The van der Waals surface area contributed by atoms with Crippen molar-refractivity contribution in [2.24, 2.45) is 0 Å². The number of halogens is 6. The summed E-state index contributed by atoms with van der Waals surface area (Å²) < 4.78 is 79.1. The van der Waals surface area contributed by atoms with Crippen LogP contribution in [0.1, 0.15) is 45.7 Å². The molecule has 26 heavy (non-hydrogen) atoms. The van der Waals surface area contributed by atoms with Gasteiger partial charge < -0.3 is 5.11 Å². The van der Waals surface area contributed by atoms with Gasteiger partial charge in [0.25, 0.3) is 0 Å². The quantitative estimate of drug-likeness (QED) is 0.784. The maximum absolute atomic E-state index is 13.0. The summed E-state index contributed by atoms with van der Waals surface area (Å²) in [5, 5.41) is 13.0. The Morgan fingerprint density at radius 1 is 0.962 bits per heavy atom. The molecule has 0 unspecified atom stereocenters. The largest absolute Gasteiger partial charge is 0.476 e. The Labute approximate surface area is 143 Å². The molecule has 3 rings (SSSR count). The van der Waals surface area contributed by atoms with Crippen LogP contribution >= 0.6 is 0 Å². The van der Waals surface area contributed by atoms with Gasteiger partial charge in [-0.3, -0.25) is 0 Å². The Balaban J connectivity index is 2.25. The molecule has 0 saturated heterocycles. The van der Waals surface area contributed by atoms with E-state index in [1.807, 2.05) is 0 Å². The molecule has 0 amide bonds. The molecule has 1 heterocycles. The zero-order chi connectivity index (χ0) is 19.3. The van der Waals surface area contributed by atoms with Crippen molar-refractivity contribution in [2.45, 2.75) is 38.0 Å². The lowest BCUT2D eigenvalue weighted by molar-refractivity contribution is -0.143. The van der Waals surface area contributed by atoms with E-state index in [1.54, 1.807) is 0 Å². The highest BCUT2D eigenvalue weighted by molar-refractivity contribution is 5.87. The van der Waals surface area contributed by atoms with Crippen LogP contribution in [-0.2, 0) is 25.2 Å². The molecule has 1 aliphatic carbocycles. The second-order valence-electron chi connectivity index (χ2n) is 5.96. The Bertz CT molecular complexity index is 835. The van der Waals surface area contributed by atoms with E-state index in [-0.39, 0.29) is 11.8 Å². The first-order valence-corrected chi connectivity index (χ1v) is 7.62. The molecule has 0 bridgehead atoms. The maximum atomic E-state index is 13.0. The molecule has 0 fully saturated rings. The Kier molecular flexibility index (Phi) is 4.24. The number of aromatic nitrogens is 2. The van der Waals surface area contributed by atoms with Gasteiger partial charge >= 0.3 is 18.3 Å². The molecule has 2 aromatic rings. The van der Waals surface area contributed by atoms with Crippen LogP contribution in [0.4, 0.5) is 26.3 Å². The van der Waals surface area contributed by atoms with Crippen LogP contribution in [0.3, 0.4) is 0 Å². The number of alkyl halides is 6. The van der Waals surface area contributed by atoms with E-state index in [4.69, 9.17) is 0 Å². The van der Waals surface area contributed by atoms with Crippen LogP contribution in [0.2, 0.25) is 0 Å². The number of aromatic carboxylic acids is 1. The fourth-order valence-electron chi connectivity index (χ4n) is 3.05. The minimum Gasteiger partial charge on any atom is -0.476 e. The highest BCUT2D eigenvalue weighted by Crippen LogP contribution is 2.38. The molecule has 1 aromatic carbocycles. The summed E-state index contributed by atoms with van der Waals surface area (Å²) in [5.41, 5.74) is -3.06. The minimum atomic E-state index is -4.99. The van der Waals surface area contributed by atoms with E-state index in [1.165, 1.54) is 0 Å². The number of rotatable bonds is 2. The number of fused-ring (bicyclic) bond motifs is 1. The van der Waals surface area contributed by atoms with Gasteiger partial charge in [0.1, 0.15) is 0 Å². The summed E-state index contributed by atoms with van der Waals surface area (Å²) in [6.45, 7) is 0. The van der Waals surface area contributed by atoms with Gasteiger partial charge in [-0.25, -0.2) is 9.48 Å². The fourth-order valence-corrected chi connectivity index (χ4v) is 3.05. The first kappa shape index (κ1) is 18.3. The van der Waals surface area contributed by atoms with Gasteiger partial charge in [-0.2, -0.15) is 31.4 Å². The minimum absolute atomic E-state index is 0.0254. The van der Waals surface area contributed by atoms with Crippen LogP contribution < -0.4 is 0 Å². The van der Waals surface area contributed by atoms with E-state index in [0.717, 1.165) is 4.68 Å². The number of carboxylic acid groups (broad SMARTS) is 1. The van der Waals surface area contributed by atoms with Gasteiger partial charge in [0.15, 0.2) is 5.69 Å². The molecule has 0 aliphatic heterocycles. The van der Waals surface area contributed by atoms with Gasteiger partial charge in [-0.05, 0) is 43.9 Å². The maximum Gasteiger partial charge on any atom is 0.416 e. The van der Waals surface area contributed by atoms with Crippen LogP contribution in [0.15, 0.2) is 18.2 Å². The zero-order valence-electron chi connectivity index (χ0n) is 13.1. The predicted octanol–water partition coefficient (Wildman–Crippen LogP) is 4.49. The highest BCUT2D eigenvalue weighted by atomic mass is 19.4. The van der Waals surface area contributed by atoms with Crippen molar-refractivity contribution < 1.29 is 36.2 Å².